The van der Waals surface area contributed by atoms with Crippen LogP contribution in [-0.2, 0) is 11.2 Å². The predicted molar refractivity (Wildman–Crippen MR) is 112 cm³/mol. The molecular weight excluding hydrogens is 369 g/mol. The average molecular weight is 402 g/mol. The van der Waals surface area contributed by atoms with Gasteiger partial charge in [0.1, 0.15) is 0 Å². The van der Waals surface area contributed by atoms with Crippen LogP contribution in [0.4, 0.5) is 0 Å². The van der Waals surface area contributed by atoms with Crippen molar-refractivity contribution in [2.75, 3.05) is 19.6 Å². The summed E-state index contributed by atoms with van der Waals surface area (Å²) in [7, 11) is 0. The van der Waals surface area contributed by atoms with Crippen LogP contribution in [0.15, 0.2) is 30.3 Å². The topological polar surface area (TPSA) is 58.4 Å². The standard InChI is InChI=1S/C20H31N3O.2ClH/c21-18-8-4-7-17(15-18)20(24)22-19-10-13-23(14-11-19)12-9-16-5-2-1-3-6-16;;/h1-3,5-6,17-19H,4,7-15,21H2,(H,22,24);2*1H. The SMILES string of the molecule is Cl.Cl.NC1CCCC(C(=O)NC2CCN(CCc3ccccc3)CC2)C1. The molecule has 3 rings (SSSR count). The molecule has 148 valence electrons. The number of hydrogen-bond acceptors (Lipinski definition) is 3. The van der Waals surface area contributed by atoms with E-state index in [0.717, 1.165) is 64.6 Å². The number of rotatable bonds is 5. The van der Waals surface area contributed by atoms with Crippen LogP contribution < -0.4 is 11.1 Å². The zero-order valence-corrected chi connectivity index (χ0v) is 17.1. The fraction of sp³-hybridized carbons (Fsp3) is 0.650. The minimum absolute atomic E-state index is 0. The molecule has 4 nitrogen and oxygen atoms in total. The molecule has 2 atom stereocenters. The zero-order valence-electron chi connectivity index (χ0n) is 15.4. The second-order valence-corrected chi connectivity index (χ2v) is 7.48. The predicted octanol–water partition coefficient (Wildman–Crippen LogP) is 3.17. The molecular formula is C20H33Cl2N3O. The molecule has 1 aromatic rings. The van der Waals surface area contributed by atoms with Gasteiger partial charge in [0.15, 0.2) is 0 Å². The largest absolute Gasteiger partial charge is 0.353 e. The highest BCUT2D eigenvalue weighted by Crippen LogP contribution is 2.24. The Bertz CT molecular complexity index is 521. The Hall–Kier alpha value is -0.810. The van der Waals surface area contributed by atoms with Crippen molar-refractivity contribution in [2.45, 2.75) is 57.0 Å². The molecule has 26 heavy (non-hydrogen) atoms. The smallest absolute Gasteiger partial charge is 0.223 e. The van der Waals surface area contributed by atoms with Gasteiger partial charge in [0.2, 0.25) is 5.91 Å². The van der Waals surface area contributed by atoms with E-state index < -0.39 is 0 Å². The summed E-state index contributed by atoms with van der Waals surface area (Å²) in [5.74, 6) is 0.387. The number of piperidine rings is 1. The Morgan fingerprint density at radius 2 is 1.77 bits per heavy atom. The maximum absolute atomic E-state index is 12.4. The zero-order chi connectivity index (χ0) is 16.8. The van der Waals surface area contributed by atoms with Gasteiger partial charge in [0.05, 0.1) is 0 Å². The van der Waals surface area contributed by atoms with Crippen LogP contribution in [0.2, 0.25) is 0 Å². The first-order valence-electron chi connectivity index (χ1n) is 9.53. The second-order valence-electron chi connectivity index (χ2n) is 7.48. The van der Waals surface area contributed by atoms with Crippen LogP contribution in [0, 0.1) is 5.92 Å². The van der Waals surface area contributed by atoms with E-state index >= 15 is 0 Å². The van der Waals surface area contributed by atoms with Crippen molar-refractivity contribution < 1.29 is 4.79 Å². The van der Waals surface area contributed by atoms with Gasteiger partial charge in [0, 0.05) is 37.6 Å². The summed E-state index contributed by atoms with van der Waals surface area (Å²) in [4.78, 5) is 14.9. The number of nitrogens with zero attached hydrogens (tertiary/aromatic N) is 1. The van der Waals surface area contributed by atoms with Crippen molar-refractivity contribution in [3.8, 4) is 0 Å². The van der Waals surface area contributed by atoms with Crippen molar-refractivity contribution in [3.63, 3.8) is 0 Å². The van der Waals surface area contributed by atoms with Gasteiger partial charge in [-0.3, -0.25) is 4.79 Å². The minimum atomic E-state index is 0. The second kappa shape index (κ2) is 11.8. The van der Waals surface area contributed by atoms with Gasteiger partial charge >= 0.3 is 0 Å². The average Bonchev–Trinajstić information content (AvgIpc) is 2.62. The molecule has 1 amide bonds. The van der Waals surface area contributed by atoms with E-state index in [1.165, 1.54) is 5.56 Å². The molecule has 1 heterocycles. The van der Waals surface area contributed by atoms with E-state index in [1.54, 1.807) is 0 Å². The number of benzene rings is 1. The molecule has 1 aliphatic heterocycles. The fourth-order valence-corrected chi connectivity index (χ4v) is 4.02. The van der Waals surface area contributed by atoms with Crippen LogP contribution >= 0.6 is 24.8 Å². The van der Waals surface area contributed by atoms with Gasteiger partial charge in [-0.15, -0.1) is 24.8 Å². The van der Waals surface area contributed by atoms with Gasteiger partial charge in [-0.05, 0) is 44.1 Å². The first-order valence-corrected chi connectivity index (χ1v) is 9.53. The maximum Gasteiger partial charge on any atom is 0.223 e. The van der Waals surface area contributed by atoms with Crippen molar-refractivity contribution >= 4 is 30.7 Å². The first-order chi connectivity index (χ1) is 11.7. The number of likely N-dealkylation sites (tertiary alicyclic amines) is 1. The van der Waals surface area contributed by atoms with Gasteiger partial charge in [0.25, 0.3) is 0 Å². The van der Waals surface area contributed by atoms with Crippen LogP contribution in [0.5, 0.6) is 0 Å². The van der Waals surface area contributed by atoms with Crippen LogP contribution in [-0.4, -0.2) is 42.5 Å². The van der Waals surface area contributed by atoms with E-state index in [4.69, 9.17) is 5.73 Å². The molecule has 2 fully saturated rings. The number of carbonyl (C=O) groups is 1. The number of nitrogens with one attached hydrogen (secondary N) is 1. The highest BCUT2D eigenvalue weighted by Gasteiger charge is 2.28. The Morgan fingerprint density at radius 3 is 2.42 bits per heavy atom. The summed E-state index contributed by atoms with van der Waals surface area (Å²) < 4.78 is 0. The quantitative estimate of drug-likeness (QED) is 0.796. The van der Waals surface area contributed by atoms with Gasteiger partial charge in [-0.25, -0.2) is 0 Å². The third kappa shape index (κ3) is 7.07. The summed E-state index contributed by atoms with van der Waals surface area (Å²) in [5.41, 5.74) is 7.41. The molecule has 6 heteroatoms. The third-order valence-corrected chi connectivity index (χ3v) is 5.58. The highest BCUT2D eigenvalue weighted by molar-refractivity contribution is 5.85. The summed E-state index contributed by atoms with van der Waals surface area (Å²) in [5, 5.41) is 3.28. The number of hydrogen-bond donors (Lipinski definition) is 2. The lowest BCUT2D eigenvalue weighted by molar-refractivity contribution is -0.127. The van der Waals surface area contributed by atoms with E-state index in [1.807, 2.05) is 0 Å². The lowest BCUT2D eigenvalue weighted by atomic mass is 9.85. The van der Waals surface area contributed by atoms with Gasteiger partial charge in [-0.2, -0.15) is 0 Å². The van der Waals surface area contributed by atoms with Gasteiger partial charge in [-0.1, -0.05) is 36.8 Å². The van der Waals surface area contributed by atoms with Crippen molar-refractivity contribution in [2.24, 2.45) is 11.7 Å². The maximum atomic E-state index is 12.4. The van der Waals surface area contributed by atoms with E-state index in [9.17, 15) is 4.79 Å². The van der Waals surface area contributed by atoms with E-state index in [0.29, 0.717) is 6.04 Å². The molecule has 3 N–H and O–H groups in total. The van der Waals surface area contributed by atoms with Crippen LogP contribution in [0.3, 0.4) is 0 Å². The Morgan fingerprint density at radius 1 is 1.08 bits per heavy atom. The molecule has 0 aromatic heterocycles. The van der Waals surface area contributed by atoms with Crippen LogP contribution in [0.25, 0.3) is 0 Å². The molecule has 2 aliphatic rings. The molecule has 2 unspecified atom stereocenters. The Balaban J connectivity index is 0.00000169. The molecule has 0 bridgehead atoms. The lowest BCUT2D eigenvalue weighted by Gasteiger charge is -2.34. The Kier molecular flexibility index (Phi) is 10.6. The number of carbonyl (C=O) groups excluding carboxylic acids is 1. The third-order valence-electron chi connectivity index (χ3n) is 5.58. The lowest BCUT2D eigenvalue weighted by Crippen LogP contribution is -2.47. The highest BCUT2D eigenvalue weighted by atomic mass is 35.5. The molecule has 0 radical (unpaired) electrons. The summed E-state index contributed by atoms with van der Waals surface area (Å²) >= 11 is 0. The number of nitrogens with two attached hydrogens (primary N) is 1. The van der Waals surface area contributed by atoms with Gasteiger partial charge < -0.3 is 16.0 Å². The summed E-state index contributed by atoms with van der Waals surface area (Å²) in [6, 6.07) is 11.2. The molecule has 1 saturated heterocycles. The molecule has 1 saturated carbocycles. The number of amides is 1. The fourth-order valence-electron chi connectivity index (χ4n) is 4.02. The summed E-state index contributed by atoms with van der Waals surface area (Å²) in [6.07, 6.45) is 7.29. The normalized spacial score (nSPS) is 24.2. The molecule has 1 aromatic carbocycles. The van der Waals surface area contributed by atoms with Crippen molar-refractivity contribution in [1.82, 2.24) is 10.2 Å². The first kappa shape index (κ1) is 23.2. The van der Waals surface area contributed by atoms with Crippen molar-refractivity contribution in [3.05, 3.63) is 35.9 Å². The molecule has 0 spiro atoms. The summed E-state index contributed by atoms with van der Waals surface area (Å²) in [6.45, 7) is 3.28. The minimum Gasteiger partial charge on any atom is -0.353 e. The monoisotopic (exact) mass is 401 g/mol. The van der Waals surface area contributed by atoms with E-state index in [2.05, 4.69) is 40.5 Å². The number of halogens is 2. The Labute approximate surface area is 170 Å². The van der Waals surface area contributed by atoms with Crippen LogP contribution in [0.1, 0.15) is 44.1 Å². The molecule has 1 aliphatic carbocycles. The van der Waals surface area contributed by atoms with Crippen molar-refractivity contribution in [1.29, 1.82) is 0 Å². The van der Waals surface area contributed by atoms with E-state index in [-0.39, 0.29) is 42.7 Å².